The van der Waals surface area contributed by atoms with Crippen molar-refractivity contribution >= 4 is 17.3 Å². The van der Waals surface area contributed by atoms with Gasteiger partial charge in [0.05, 0.1) is 12.0 Å². The van der Waals surface area contributed by atoms with Crippen LogP contribution in [-0.4, -0.2) is 12.1 Å². The molecule has 1 aliphatic heterocycles. The minimum atomic E-state index is 0.00802. The van der Waals surface area contributed by atoms with Crippen LogP contribution in [-0.2, 0) is 0 Å². The number of rotatable bonds is 1. The zero-order valence-corrected chi connectivity index (χ0v) is 12.0. The van der Waals surface area contributed by atoms with Crippen molar-refractivity contribution in [3.05, 3.63) is 28.8 Å². The molecule has 18 heavy (non-hydrogen) atoms. The Morgan fingerprint density at radius 1 is 1.44 bits per heavy atom. The van der Waals surface area contributed by atoms with Gasteiger partial charge in [0.1, 0.15) is 0 Å². The lowest BCUT2D eigenvalue weighted by atomic mass is 9.82. The molecule has 1 aromatic rings. The molecule has 96 valence electrons. The highest BCUT2D eigenvalue weighted by atomic mass is 35.5. The average Bonchev–Trinajstić information content (AvgIpc) is 2.32. The third kappa shape index (κ3) is 2.33. The predicted octanol–water partition coefficient (Wildman–Crippen LogP) is 4.17. The van der Waals surface area contributed by atoms with Gasteiger partial charge in [-0.05, 0) is 51.3 Å². The molecule has 0 aliphatic carbocycles. The maximum absolute atomic E-state index is 9.09. The number of nitrogens with zero attached hydrogens (tertiary/aromatic N) is 2. The third-order valence-corrected chi connectivity index (χ3v) is 4.30. The van der Waals surface area contributed by atoms with Crippen LogP contribution in [0.15, 0.2) is 18.2 Å². The van der Waals surface area contributed by atoms with Gasteiger partial charge in [-0.25, -0.2) is 0 Å². The number of halogens is 1. The fourth-order valence-electron chi connectivity index (χ4n) is 2.85. The molecule has 1 atom stereocenters. The van der Waals surface area contributed by atoms with Crippen LogP contribution >= 0.6 is 11.6 Å². The number of anilines is 1. The van der Waals surface area contributed by atoms with Gasteiger partial charge in [0.2, 0.25) is 0 Å². The topological polar surface area (TPSA) is 27.0 Å². The zero-order valence-electron chi connectivity index (χ0n) is 11.2. The van der Waals surface area contributed by atoms with E-state index in [1.807, 2.05) is 12.1 Å². The van der Waals surface area contributed by atoms with Gasteiger partial charge < -0.3 is 4.90 Å². The van der Waals surface area contributed by atoms with Gasteiger partial charge in [0, 0.05) is 22.8 Å². The second kappa shape index (κ2) is 4.82. The van der Waals surface area contributed by atoms with Crippen molar-refractivity contribution in [1.82, 2.24) is 0 Å². The summed E-state index contributed by atoms with van der Waals surface area (Å²) in [5, 5.41) is 9.90. The highest BCUT2D eigenvalue weighted by Gasteiger charge is 2.35. The molecule has 1 unspecified atom stereocenters. The number of nitriles is 1. The number of hydrogen-bond donors (Lipinski definition) is 0. The standard InChI is InChI=1S/C15H19ClN2/c1-11-13(16)5-4-6-14(11)18-8-7-12(10-17)9-15(18,2)3/h4-6,12H,7-9H2,1-3H3. The van der Waals surface area contributed by atoms with E-state index in [1.54, 1.807) is 0 Å². The van der Waals surface area contributed by atoms with Crippen molar-refractivity contribution < 1.29 is 0 Å². The van der Waals surface area contributed by atoms with Crippen LogP contribution in [0, 0.1) is 24.2 Å². The molecule has 0 saturated carbocycles. The first-order chi connectivity index (χ1) is 8.45. The van der Waals surface area contributed by atoms with Crippen LogP contribution in [0.4, 0.5) is 5.69 Å². The molecule has 0 bridgehead atoms. The third-order valence-electron chi connectivity index (χ3n) is 3.89. The number of benzene rings is 1. The van der Waals surface area contributed by atoms with E-state index in [2.05, 4.69) is 37.8 Å². The second-order valence-corrected chi connectivity index (χ2v) is 6.07. The fraction of sp³-hybridized carbons (Fsp3) is 0.533. The van der Waals surface area contributed by atoms with Crippen molar-refractivity contribution in [3.63, 3.8) is 0 Å². The van der Waals surface area contributed by atoms with Crippen LogP contribution in [0.1, 0.15) is 32.3 Å². The van der Waals surface area contributed by atoms with Gasteiger partial charge in [-0.3, -0.25) is 0 Å². The lowest BCUT2D eigenvalue weighted by Gasteiger charge is -2.46. The van der Waals surface area contributed by atoms with Crippen LogP contribution in [0.2, 0.25) is 5.02 Å². The van der Waals surface area contributed by atoms with E-state index in [-0.39, 0.29) is 11.5 Å². The molecule has 0 N–H and O–H groups in total. The highest BCUT2D eigenvalue weighted by Crippen LogP contribution is 2.38. The molecule has 0 spiro atoms. The van der Waals surface area contributed by atoms with E-state index >= 15 is 0 Å². The summed E-state index contributed by atoms with van der Waals surface area (Å²) in [7, 11) is 0. The van der Waals surface area contributed by atoms with Gasteiger partial charge in [0.25, 0.3) is 0 Å². The summed E-state index contributed by atoms with van der Waals surface area (Å²) in [6, 6.07) is 8.45. The lowest BCUT2D eigenvalue weighted by Crippen LogP contribution is -2.50. The lowest BCUT2D eigenvalue weighted by molar-refractivity contribution is 0.315. The maximum Gasteiger partial charge on any atom is 0.0657 e. The first-order valence-corrected chi connectivity index (χ1v) is 6.76. The Morgan fingerprint density at radius 2 is 2.17 bits per heavy atom. The van der Waals surface area contributed by atoms with Crippen molar-refractivity contribution in [2.45, 2.75) is 39.2 Å². The molecular formula is C15H19ClN2. The normalized spacial score (nSPS) is 22.6. The summed E-state index contributed by atoms with van der Waals surface area (Å²) < 4.78 is 0. The van der Waals surface area contributed by atoms with E-state index in [9.17, 15) is 0 Å². The molecule has 0 amide bonds. The molecule has 1 saturated heterocycles. The van der Waals surface area contributed by atoms with Gasteiger partial charge >= 0.3 is 0 Å². The fourth-order valence-corrected chi connectivity index (χ4v) is 3.02. The van der Waals surface area contributed by atoms with Gasteiger partial charge in [-0.1, -0.05) is 17.7 Å². The summed E-state index contributed by atoms with van der Waals surface area (Å²) in [4.78, 5) is 2.39. The van der Waals surface area contributed by atoms with E-state index in [4.69, 9.17) is 16.9 Å². The molecule has 1 fully saturated rings. The molecule has 0 radical (unpaired) electrons. The smallest absolute Gasteiger partial charge is 0.0657 e. The molecule has 2 rings (SSSR count). The molecular weight excluding hydrogens is 244 g/mol. The van der Waals surface area contributed by atoms with Crippen molar-refractivity contribution in [2.24, 2.45) is 5.92 Å². The van der Waals surface area contributed by atoms with E-state index in [1.165, 1.54) is 5.69 Å². The Hall–Kier alpha value is -1.20. The molecule has 0 aromatic heterocycles. The molecule has 1 aliphatic rings. The summed E-state index contributed by atoms with van der Waals surface area (Å²) in [6.45, 7) is 7.39. The van der Waals surface area contributed by atoms with E-state index in [0.29, 0.717) is 0 Å². The maximum atomic E-state index is 9.09. The quantitative estimate of drug-likeness (QED) is 0.760. The molecule has 1 heterocycles. The van der Waals surface area contributed by atoms with Crippen molar-refractivity contribution in [1.29, 1.82) is 5.26 Å². The Morgan fingerprint density at radius 3 is 2.78 bits per heavy atom. The molecule has 1 aromatic carbocycles. The monoisotopic (exact) mass is 262 g/mol. The van der Waals surface area contributed by atoms with Gasteiger partial charge in [-0.2, -0.15) is 5.26 Å². The Bertz CT molecular complexity index is 488. The minimum absolute atomic E-state index is 0.00802. The van der Waals surface area contributed by atoms with Crippen LogP contribution in [0.25, 0.3) is 0 Å². The molecule has 3 heteroatoms. The van der Waals surface area contributed by atoms with Gasteiger partial charge in [0.15, 0.2) is 0 Å². The predicted molar refractivity (Wildman–Crippen MR) is 76.0 cm³/mol. The first kappa shape index (κ1) is 13.2. The first-order valence-electron chi connectivity index (χ1n) is 6.38. The molecule has 2 nitrogen and oxygen atoms in total. The van der Waals surface area contributed by atoms with Crippen LogP contribution in [0.5, 0.6) is 0 Å². The highest BCUT2D eigenvalue weighted by molar-refractivity contribution is 6.31. The van der Waals surface area contributed by atoms with E-state index in [0.717, 1.165) is 30.0 Å². The van der Waals surface area contributed by atoms with Gasteiger partial charge in [-0.15, -0.1) is 0 Å². The Labute approximate surface area is 114 Å². The largest absolute Gasteiger partial charge is 0.366 e. The summed E-state index contributed by atoms with van der Waals surface area (Å²) >= 11 is 6.20. The zero-order chi connectivity index (χ0) is 13.3. The number of piperidine rings is 1. The van der Waals surface area contributed by atoms with Crippen LogP contribution < -0.4 is 4.90 Å². The second-order valence-electron chi connectivity index (χ2n) is 5.67. The summed E-state index contributed by atoms with van der Waals surface area (Å²) in [5.41, 5.74) is 2.33. The van der Waals surface area contributed by atoms with Crippen molar-refractivity contribution in [2.75, 3.05) is 11.4 Å². The van der Waals surface area contributed by atoms with Crippen LogP contribution in [0.3, 0.4) is 0 Å². The summed E-state index contributed by atoms with van der Waals surface area (Å²) in [5.74, 6) is 0.177. The summed E-state index contributed by atoms with van der Waals surface area (Å²) in [6.07, 6.45) is 1.85. The Kier molecular flexibility index (Phi) is 3.54. The van der Waals surface area contributed by atoms with Crippen molar-refractivity contribution in [3.8, 4) is 6.07 Å². The average molecular weight is 263 g/mol. The van der Waals surface area contributed by atoms with E-state index < -0.39 is 0 Å². The number of hydrogen-bond acceptors (Lipinski definition) is 2. The Balaban J connectivity index is 2.34. The minimum Gasteiger partial charge on any atom is -0.366 e. The SMILES string of the molecule is Cc1c(Cl)cccc1N1CCC(C#N)CC1(C)C.